The summed E-state index contributed by atoms with van der Waals surface area (Å²) in [5.41, 5.74) is 1.20. The largest absolute Gasteiger partial charge is 0.356 e. The Morgan fingerprint density at radius 2 is 2.13 bits per heavy atom. The third-order valence-corrected chi connectivity index (χ3v) is 5.86. The summed E-state index contributed by atoms with van der Waals surface area (Å²) >= 11 is 7.16. The highest BCUT2D eigenvalue weighted by Gasteiger charge is 2.19. The molecule has 2 rings (SSSR count). The van der Waals surface area contributed by atoms with Crippen molar-refractivity contribution in [2.75, 3.05) is 11.3 Å². The number of thiazole rings is 1. The van der Waals surface area contributed by atoms with Crippen molar-refractivity contribution in [1.29, 1.82) is 0 Å². The number of carbonyl (C=O) groups excluding carboxylic acids is 1. The zero-order valence-electron chi connectivity index (χ0n) is 12.6. The highest BCUT2D eigenvalue weighted by molar-refractivity contribution is 7.93. The number of halogens is 1. The molecule has 6 nitrogen and oxygen atoms in total. The van der Waals surface area contributed by atoms with Gasteiger partial charge in [0.1, 0.15) is 0 Å². The zero-order valence-corrected chi connectivity index (χ0v) is 15.0. The van der Waals surface area contributed by atoms with Crippen molar-refractivity contribution >= 4 is 44.0 Å². The minimum Gasteiger partial charge on any atom is -0.356 e. The van der Waals surface area contributed by atoms with Gasteiger partial charge < -0.3 is 5.32 Å². The SMILES string of the molecule is CC(=O)NCCc1csc(NS(=O)(=O)c2cccc(Cl)c2C)n1. The summed E-state index contributed by atoms with van der Waals surface area (Å²) in [6.07, 6.45) is 0.536. The molecule has 0 bridgehead atoms. The van der Waals surface area contributed by atoms with E-state index >= 15 is 0 Å². The molecule has 0 fully saturated rings. The second-order valence-electron chi connectivity index (χ2n) is 4.85. The van der Waals surface area contributed by atoms with Crippen molar-refractivity contribution < 1.29 is 13.2 Å². The van der Waals surface area contributed by atoms with Crippen LogP contribution >= 0.6 is 22.9 Å². The first-order valence-corrected chi connectivity index (χ1v) is 9.50. The maximum atomic E-state index is 12.4. The molecular weight excluding hydrogens is 358 g/mol. The fraction of sp³-hybridized carbons (Fsp3) is 0.286. The van der Waals surface area contributed by atoms with Gasteiger partial charge in [-0.25, -0.2) is 13.4 Å². The van der Waals surface area contributed by atoms with Gasteiger partial charge in [0.05, 0.1) is 10.6 Å². The van der Waals surface area contributed by atoms with Crippen LogP contribution in [0.3, 0.4) is 0 Å². The first kappa shape index (κ1) is 17.7. The Morgan fingerprint density at radius 1 is 1.39 bits per heavy atom. The lowest BCUT2D eigenvalue weighted by Gasteiger charge is -2.09. The predicted octanol–water partition coefficient (Wildman–Crippen LogP) is 2.58. The smallest absolute Gasteiger partial charge is 0.263 e. The molecule has 1 aromatic heterocycles. The second kappa shape index (κ2) is 7.29. The fourth-order valence-corrected chi connectivity index (χ4v) is 4.38. The quantitative estimate of drug-likeness (QED) is 0.814. The van der Waals surface area contributed by atoms with Crippen molar-refractivity contribution in [3.05, 3.63) is 39.9 Å². The number of nitrogens with one attached hydrogen (secondary N) is 2. The molecule has 124 valence electrons. The van der Waals surface area contributed by atoms with Gasteiger partial charge in [0.25, 0.3) is 10.0 Å². The molecule has 0 radical (unpaired) electrons. The monoisotopic (exact) mass is 373 g/mol. The Bertz CT molecular complexity index is 818. The Kier molecular flexibility index (Phi) is 5.61. The number of anilines is 1. The van der Waals surface area contributed by atoms with Crippen molar-refractivity contribution in [2.45, 2.75) is 25.2 Å². The number of nitrogens with zero attached hydrogens (tertiary/aromatic N) is 1. The summed E-state index contributed by atoms with van der Waals surface area (Å²) in [5.74, 6) is -0.113. The minimum absolute atomic E-state index is 0.113. The van der Waals surface area contributed by atoms with E-state index in [1.54, 1.807) is 24.4 Å². The van der Waals surface area contributed by atoms with Gasteiger partial charge in [0, 0.05) is 30.3 Å². The number of aromatic nitrogens is 1. The normalized spacial score (nSPS) is 11.3. The summed E-state index contributed by atoms with van der Waals surface area (Å²) < 4.78 is 27.3. The first-order valence-electron chi connectivity index (χ1n) is 6.76. The number of carbonyl (C=O) groups is 1. The summed E-state index contributed by atoms with van der Waals surface area (Å²) in [7, 11) is -3.74. The van der Waals surface area contributed by atoms with Gasteiger partial charge in [-0.15, -0.1) is 11.3 Å². The summed E-state index contributed by atoms with van der Waals surface area (Å²) in [6.45, 7) is 3.55. The predicted molar refractivity (Wildman–Crippen MR) is 91.5 cm³/mol. The summed E-state index contributed by atoms with van der Waals surface area (Å²) in [4.78, 5) is 15.2. The van der Waals surface area contributed by atoms with Crippen LogP contribution in [0, 0.1) is 6.92 Å². The molecular formula is C14H16ClN3O3S2. The van der Waals surface area contributed by atoms with E-state index in [9.17, 15) is 13.2 Å². The number of hydrogen-bond donors (Lipinski definition) is 2. The van der Waals surface area contributed by atoms with Crippen LogP contribution in [-0.2, 0) is 21.2 Å². The van der Waals surface area contributed by atoms with E-state index in [1.165, 1.54) is 24.3 Å². The molecule has 0 saturated carbocycles. The third kappa shape index (κ3) is 4.66. The van der Waals surface area contributed by atoms with E-state index in [1.807, 2.05) is 0 Å². The van der Waals surface area contributed by atoms with Gasteiger partial charge in [-0.05, 0) is 24.6 Å². The highest BCUT2D eigenvalue weighted by atomic mass is 35.5. The van der Waals surface area contributed by atoms with E-state index in [0.29, 0.717) is 29.2 Å². The molecule has 2 N–H and O–H groups in total. The molecule has 0 atom stereocenters. The lowest BCUT2D eigenvalue weighted by Crippen LogP contribution is -2.22. The van der Waals surface area contributed by atoms with Gasteiger partial charge in [-0.1, -0.05) is 17.7 Å². The van der Waals surface area contributed by atoms with Crippen LogP contribution in [0.1, 0.15) is 18.2 Å². The molecule has 1 heterocycles. The highest BCUT2D eigenvalue weighted by Crippen LogP contribution is 2.26. The fourth-order valence-electron chi connectivity index (χ4n) is 1.88. The van der Waals surface area contributed by atoms with Crippen LogP contribution in [0.5, 0.6) is 0 Å². The minimum atomic E-state index is -3.74. The molecule has 1 aromatic carbocycles. The van der Waals surface area contributed by atoms with E-state index in [-0.39, 0.29) is 15.9 Å². The van der Waals surface area contributed by atoms with Gasteiger partial charge in [0.2, 0.25) is 5.91 Å². The molecule has 0 saturated heterocycles. The molecule has 23 heavy (non-hydrogen) atoms. The number of rotatable bonds is 6. The van der Waals surface area contributed by atoms with Crippen LogP contribution in [0.2, 0.25) is 5.02 Å². The maximum absolute atomic E-state index is 12.4. The Morgan fingerprint density at radius 3 is 2.83 bits per heavy atom. The number of hydrogen-bond acceptors (Lipinski definition) is 5. The standard InChI is InChI=1S/C14H16ClN3O3S2/c1-9-12(15)4-3-5-13(9)23(20,21)18-14-17-11(8-22-14)6-7-16-10(2)19/h3-5,8H,6-7H2,1-2H3,(H,16,19)(H,17,18). The molecule has 2 aromatic rings. The molecule has 0 spiro atoms. The number of benzene rings is 1. The van der Waals surface area contributed by atoms with Gasteiger partial charge >= 0.3 is 0 Å². The van der Waals surface area contributed by atoms with E-state index < -0.39 is 10.0 Å². The van der Waals surface area contributed by atoms with Gasteiger partial charge in [-0.3, -0.25) is 9.52 Å². The van der Waals surface area contributed by atoms with Gasteiger partial charge in [-0.2, -0.15) is 0 Å². The Balaban J connectivity index is 2.11. The van der Waals surface area contributed by atoms with E-state index in [4.69, 9.17) is 11.6 Å². The Labute approximate surface area is 143 Å². The first-order chi connectivity index (χ1) is 10.8. The average molecular weight is 374 g/mol. The molecule has 0 aliphatic carbocycles. The molecule has 0 aliphatic heterocycles. The lowest BCUT2D eigenvalue weighted by molar-refractivity contribution is -0.118. The van der Waals surface area contributed by atoms with Crippen molar-refractivity contribution in [1.82, 2.24) is 10.3 Å². The topological polar surface area (TPSA) is 88.2 Å². The summed E-state index contributed by atoms with van der Waals surface area (Å²) in [5, 5.41) is 5.09. The van der Waals surface area contributed by atoms with Crippen LogP contribution in [0.25, 0.3) is 0 Å². The lowest BCUT2D eigenvalue weighted by atomic mass is 10.2. The maximum Gasteiger partial charge on any atom is 0.263 e. The van der Waals surface area contributed by atoms with Crippen LogP contribution in [0.4, 0.5) is 5.13 Å². The second-order valence-corrected chi connectivity index (χ2v) is 7.76. The van der Waals surface area contributed by atoms with Crippen LogP contribution in [0.15, 0.2) is 28.5 Å². The van der Waals surface area contributed by atoms with E-state index in [0.717, 1.165) is 0 Å². The third-order valence-electron chi connectivity index (χ3n) is 3.04. The van der Waals surface area contributed by atoms with Gasteiger partial charge in [0.15, 0.2) is 5.13 Å². The number of amides is 1. The average Bonchev–Trinajstić information content (AvgIpc) is 2.88. The molecule has 1 amide bonds. The van der Waals surface area contributed by atoms with Crippen molar-refractivity contribution in [2.24, 2.45) is 0 Å². The summed E-state index contributed by atoms with van der Waals surface area (Å²) in [6, 6.07) is 4.72. The van der Waals surface area contributed by atoms with Crippen LogP contribution < -0.4 is 10.0 Å². The van der Waals surface area contributed by atoms with Crippen molar-refractivity contribution in [3.63, 3.8) is 0 Å². The molecule has 0 aliphatic rings. The Hall–Kier alpha value is -1.64. The van der Waals surface area contributed by atoms with Crippen molar-refractivity contribution in [3.8, 4) is 0 Å². The number of sulfonamides is 1. The molecule has 0 unspecified atom stereocenters. The zero-order chi connectivity index (χ0) is 17.0. The van der Waals surface area contributed by atoms with E-state index in [2.05, 4.69) is 15.0 Å². The van der Waals surface area contributed by atoms with Crippen LogP contribution in [-0.4, -0.2) is 25.9 Å². The molecule has 9 heteroatoms.